The number of ketones is 1. The Morgan fingerprint density at radius 3 is 2.45 bits per heavy atom. The van der Waals surface area contributed by atoms with Crippen molar-refractivity contribution < 1.29 is 14.3 Å². The van der Waals surface area contributed by atoms with Gasteiger partial charge in [0.25, 0.3) is 0 Å². The van der Waals surface area contributed by atoms with Crippen molar-refractivity contribution in [3.63, 3.8) is 0 Å². The van der Waals surface area contributed by atoms with Crippen LogP contribution in [0.5, 0.6) is 5.88 Å². The molecular formula is C39H39Cl2N5O3. The van der Waals surface area contributed by atoms with E-state index in [-0.39, 0.29) is 11.9 Å². The molecule has 10 heteroatoms. The molecular weight excluding hydrogens is 657 g/mol. The highest BCUT2D eigenvalue weighted by molar-refractivity contribution is 6.39. The summed E-state index contributed by atoms with van der Waals surface area (Å²) in [5.74, 6) is 1.50. The molecule has 3 aromatic heterocycles. The third-order valence-electron chi connectivity index (χ3n) is 9.76. The van der Waals surface area contributed by atoms with Crippen LogP contribution in [0, 0.1) is 5.92 Å². The van der Waals surface area contributed by atoms with Crippen LogP contribution in [0.4, 0.5) is 0 Å². The van der Waals surface area contributed by atoms with E-state index < -0.39 is 0 Å². The molecule has 2 aromatic carbocycles. The van der Waals surface area contributed by atoms with E-state index in [0.29, 0.717) is 59.1 Å². The molecule has 8 nitrogen and oxygen atoms in total. The quantitative estimate of drug-likeness (QED) is 0.137. The van der Waals surface area contributed by atoms with Crippen LogP contribution >= 0.6 is 23.2 Å². The Bertz CT molecular complexity index is 2030. The molecule has 2 aliphatic rings. The van der Waals surface area contributed by atoms with Crippen LogP contribution in [0.1, 0.15) is 56.2 Å². The molecule has 0 radical (unpaired) electrons. The Hall–Kier alpha value is -4.24. The normalized spacial score (nSPS) is 17.6. The first-order chi connectivity index (χ1) is 23.9. The van der Waals surface area contributed by atoms with Crippen molar-refractivity contribution in [2.24, 2.45) is 5.92 Å². The van der Waals surface area contributed by atoms with Gasteiger partial charge in [0.15, 0.2) is 0 Å². The maximum atomic E-state index is 11.7. The fraction of sp³-hybridized carbons (Fsp3) is 0.333. The third kappa shape index (κ3) is 7.23. The van der Waals surface area contributed by atoms with Crippen molar-refractivity contribution in [2.75, 3.05) is 13.7 Å². The molecule has 1 saturated carbocycles. The number of nitrogens with zero attached hydrogens (tertiary/aromatic N) is 3. The highest BCUT2D eigenvalue weighted by Gasteiger charge is 2.23. The number of rotatable bonds is 12. The van der Waals surface area contributed by atoms with Gasteiger partial charge in [-0.2, -0.15) is 0 Å². The number of hydrogen-bond donors (Lipinski definition) is 2. The summed E-state index contributed by atoms with van der Waals surface area (Å²) in [4.78, 5) is 32.6. The summed E-state index contributed by atoms with van der Waals surface area (Å²) < 4.78 is 7.79. The summed E-state index contributed by atoms with van der Waals surface area (Å²) in [5.41, 5.74) is 7.92. The molecule has 1 saturated heterocycles. The van der Waals surface area contributed by atoms with Gasteiger partial charge in [-0.25, -0.2) is 9.97 Å². The largest absolute Gasteiger partial charge is 0.481 e. The van der Waals surface area contributed by atoms with E-state index in [0.717, 1.165) is 83.4 Å². The number of hydrogen-bond acceptors (Lipinski definition) is 6. The number of carbonyl (C=O) groups is 2. The minimum absolute atomic E-state index is 0.144. The zero-order chi connectivity index (χ0) is 33.9. The van der Waals surface area contributed by atoms with Gasteiger partial charge in [0.2, 0.25) is 11.8 Å². The molecule has 252 valence electrons. The molecule has 0 spiro atoms. The molecule has 1 aliphatic heterocycles. The number of aryl methyl sites for hydroxylation is 1. The molecule has 4 heterocycles. The molecule has 1 aliphatic carbocycles. The second kappa shape index (κ2) is 14.7. The SMILES string of the molecule is COc1nc(-c2cccc(-c3cccc(-c4ccc5ncc(CNC[C@@H]6CCC(=O)C6)n5c4)c3Cl)c2Cl)ccc1CCC[C@@H]1CCC(=O)N1. The molecule has 1 amide bonds. The highest BCUT2D eigenvalue weighted by atomic mass is 35.5. The molecule has 7 rings (SSSR count). The number of aromatic nitrogens is 3. The van der Waals surface area contributed by atoms with E-state index >= 15 is 0 Å². The van der Waals surface area contributed by atoms with Crippen molar-refractivity contribution in [1.29, 1.82) is 0 Å². The lowest BCUT2D eigenvalue weighted by Crippen LogP contribution is -2.25. The highest BCUT2D eigenvalue weighted by Crippen LogP contribution is 2.42. The summed E-state index contributed by atoms with van der Waals surface area (Å²) in [6.45, 7) is 1.48. The Morgan fingerprint density at radius 2 is 1.71 bits per heavy atom. The molecule has 0 unspecified atom stereocenters. The Labute approximate surface area is 296 Å². The zero-order valence-electron chi connectivity index (χ0n) is 27.5. The van der Waals surface area contributed by atoms with Crippen LogP contribution in [0.2, 0.25) is 10.0 Å². The second-order valence-electron chi connectivity index (χ2n) is 13.1. The van der Waals surface area contributed by atoms with E-state index in [2.05, 4.69) is 32.3 Å². The summed E-state index contributed by atoms with van der Waals surface area (Å²) in [6, 6.07) is 20.2. The summed E-state index contributed by atoms with van der Waals surface area (Å²) >= 11 is 14.3. The molecule has 5 aromatic rings. The van der Waals surface area contributed by atoms with Gasteiger partial charge in [-0.3, -0.25) is 9.59 Å². The standard InChI is InChI=1S/C39H39Cl2N5O3/c1-49-39-25(5-2-6-27-14-18-36(48)44-27)12-16-34(45-39)33-10-4-9-32(38(33)41)31-8-3-7-30(37(31)40)26-13-17-35-43-22-28(46(35)23-26)21-42-20-24-11-15-29(47)19-24/h3-4,7-10,12-13,16-17,22-24,27,42H,2,5-6,11,14-15,18-21H2,1H3,(H,44,48)/t24-,27-/m1/s1. The molecule has 2 N–H and O–H groups in total. The Kier molecular flexibility index (Phi) is 9.98. The number of methoxy groups -OCH3 is 1. The number of imidazole rings is 1. The number of Topliss-reactive ketones (excluding diaryl/α,β-unsaturated/α-hetero) is 1. The minimum Gasteiger partial charge on any atom is -0.481 e. The van der Waals surface area contributed by atoms with Gasteiger partial charge in [0, 0.05) is 65.9 Å². The molecule has 2 fully saturated rings. The van der Waals surface area contributed by atoms with E-state index in [1.165, 1.54) is 0 Å². The minimum atomic E-state index is 0.144. The van der Waals surface area contributed by atoms with Gasteiger partial charge >= 0.3 is 0 Å². The van der Waals surface area contributed by atoms with Gasteiger partial charge < -0.3 is 19.8 Å². The van der Waals surface area contributed by atoms with Crippen molar-refractivity contribution in [3.8, 4) is 39.4 Å². The first-order valence-corrected chi connectivity index (χ1v) is 17.7. The number of nitrogens with one attached hydrogen (secondary N) is 2. The van der Waals surface area contributed by atoms with Gasteiger partial charge in [0.05, 0.1) is 34.7 Å². The van der Waals surface area contributed by atoms with E-state index in [9.17, 15) is 9.59 Å². The van der Waals surface area contributed by atoms with Gasteiger partial charge in [-0.05, 0) is 68.3 Å². The maximum absolute atomic E-state index is 11.7. The van der Waals surface area contributed by atoms with Crippen LogP contribution in [-0.2, 0) is 22.6 Å². The van der Waals surface area contributed by atoms with Crippen molar-refractivity contribution in [1.82, 2.24) is 25.0 Å². The Morgan fingerprint density at radius 1 is 0.939 bits per heavy atom. The maximum Gasteiger partial charge on any atom is 0.220 e. The zero-order valence-corrected chi connectivity index (χ0v) is 29.0. The summed E-state index contributed by atoms with van der Waals surface area (Å²) in [6.07, 6.45) is 10.5. The van der Waals surface area contributed by atoms with E-state index in [1.54, 1.807) is 7.11 Å². The van der Waals surface area contributed by atoms with Crippen molar-refractivity contribution in [3.05, 3.63) is 94.4 Å². The third-order valence-corrected chi connectivity index (χ3v) is 10.6. The van der Waals surface area contributed by atoms with Crippen molar-refractivity contribution in [2.45, 2.75) is 64.0 Å². The Balaban J connectivity index is 1.11. The molecule has 49 heavy (non-hydrogen) atoms. The second-order valence-corrected chi connectivity index (χ2v) is 13.8. The lowest BCUT2D eigenvalue weighted by molar-refractivity contribution is -0.119. The number of amides is 1. The number of carbonyl (C=O) groups excluding carboxylic acids is 2. The van der Waals surface area contributed by atoms with E-state index in [1.807, 2.05) is 60.8 Å². The van der Waals surface area contributed by atoms with Crippen molar-refractivity contribution >= 4 is 40.5 Å². The lowest BCUT2D eigenvalue weighted by atomic mass is 9.97. The monoisotopic (exact) mass is 695 g/mol. The van der Waals surface area contributed by atoms with E-state index in [4.69, 9.17) is 32.9 Å². The lowest BCUT2D eigenvalue weighted by Gasteiger charge is -2.15. The van der Waals surface area contributed by atoms with Crippen LogP contribution < -0.4 is 15.4 Å². The van der Waals surface area contributed by atoms with Gasteiger partial charge in [-0.15, -0.1) is 0 Å². The number of fused-ring (bicyclic) bond motifs is 1. The summed E-state index contributed by atoms with van der Waals surface area (Å²) in [5, 5.41) is 7.72. The average Bonchev–Trinajstić information content (AvgIpc) is 3.84. The van der Waals surface area contributed by atoms with Crippen LogP contribution in [-0.4, -0.2) is 45.8 Å². The topological polar surface area (TPSA) is 97.6 Å². The van der Waals surface area contributed by atoms with Gasteiger partial charge in [0.1, 0.15) is 11.4 Å². The molecule has 0 bridgehead atoms. The first-order valence-electron chi connectivity index (χ1n) is 17.0. The first kappa shape index (κ1) is 33.3. The number of halogens is 2. The average molecular weight is 697 g/mol. The predicted octanol–water partition coefficient (Wildman–Crippen LogP) is 8.11. The number of ether oxygens (including phenoxy) is 1. The smallest absolute Gasteiger partial charge is 0.220 e. The van der Waals surface area contributed by atoms with Crippen LogP contribution in [0.25, 0.3) is 39.2 Å². The molecule has 2 atom stereocenters. The predicted molar refractivity (Wildman–Crippen MR) is 194 cm³/mol. The fourth-order valence-electron chi connectivity index (χ4n) is 7.11. The van der Waals surface area contributed by atoms with Crippen LogP contribution in [0.15, 0.2) is 73.1 Å². The fourth-order valence-corrected chi connectivity index (χ4v) is 7.77. The number of benzene rings is 2. The van der Waals surface area contributed by atoms with Crippen LogP contribution in [0.3, 0.4) is 0 Å². The summed E-state index contributed by atoms with van der Waals surface area (Å²) in [7, 11) is 1.64. The van der Waals surface area contributed by atoms with Gasteiger partial charge in [-0.1, -0.05) is 65.7 Å². The number of pyridine rings is 2.